The van der Waals surface area contributed by atoms with Crippen LogP contribution in [0, 0.1) is 6.92 Å². The van der Waals surface area contributed by atoms with Crippen LogP contribution >= 0.6 is 0 Å². The van der Waals surface area contributed by atoms with Gasteiger partial charge in [0.25, 0.3) is 0 Å². The van der Waals surface area contributed by atoms with Crippen molar-refractivity contribution in [2.24, 2.45) is 0 Å². The van der Waals surface area contributed by atoms with Crippen LogP contribution in [0.1, 0.15) is 35.3 Å². The van der Waals surface area contributed by atoms with E-state index in [0.29, 0.717) is 0 Å². The zero-order valence-electron chi connectivity index (χ0n) is 10.2. The molecule has 0 aliphatic rings. The summed E-state index contributed by atoms with van der Waals surface area (Å²) < 4.78 is 0. The van der Waals surface area contributed by atoms with Crippen LogP contribution in [0.5, 0.6) is 0 Å². The van der Waals surface area contributed by atoms with E-state index in [2.05, 4.69) is 11.9 Å². The maximum atomic E-state index is 10.5. The lowest BCUT2D eigenvalue weighted by molar-refractivity contribution is 0.218. The molecule has 88 valence electrons. The predicted molar refractivity (Wildman–Crippen MR) is 68.9 cm³/mol. The normalized spacial score (nSPS) is 12.4. The summed E-state index contributed by atoms with van der Waals surface area (Å²) in [6.45, 7) is 4.09. The Morgan fingerprint density at radius 1 is 1.18 bits per heavy atom. The summed E-state index contributed by atoms with van der Waals surface area (Å²) in [4.78, 5) is 4.10. The van der Waals surface area contributed by atoms with Crippen LogP contribution in [0.4, 0.5) is 0 Å². The molecule has 0 spiro atoms. The lowest BCUT2D eigenvalue weighted by atomic mass is 9.94. The van der Waals surface area contributed by atoms with Crippen LogP contribution < -0.4 is 0 Å². The first-order valence-electron chi connectivity index (χ1n) is 5.90. The van der Waals surface area contributed by atoms with Gasteiger partial charge in [0.2, 0.25) is 0 Å². The number of rotatable bonds is 3. The zero-order chi connectivity index (χ0) is 12.3. The molecule has 1 aromatic heterocycles. The molecule has 2 rings (SSSR count). The van der Waals surface area contributed by atoms with Gasteiger partial charge in [-0.15, -0.1) is 0 Å². The van der Waals surface area contributed by atoms with E-state index >= 15 is 0 Å². The fourth-order valence-electron chi connectivity index (χ4n) is 2.06. The summed E-state index contributed by atoms with van der Waals surface area (Å²) >= 11 is 0. The monoisotopic (exact) mass is 227 g/mol. The summed E-state index contributed by atoms with van der Waals surface area (Å²) in [5.74, 6) is 0. The quantitative estimate of drug-likeness (QED) is 0.874. The minimum Gasteiger partial charge on any atom is -0.384 e. The molecule has 1 atom stereocenters. The van der Waals surface area contributed by atoms with Crippen molar-refractivity contribution in [3.05, 3.63) is 65.0 Å². The molecule has 2 heteroatoms. The van der Waals surface area contributed by atoms with Gasteiger partial charge in [0, 0.05) is 12.4 Å². The van der Waals surface area contributed by atoms with Crippen molar-refractivity contribution in [2.75, 3.05) is 0 Å². The largest absolute Gasteiger partial charge is 0.384 e. The number of aliphatic hydroxyl groups is 1. The van der Waals surface area contributed by atoms with Crippen LogP contribution in [0.15, 0.2) is 42.7 Å². The van der Waals surface area contributed by atoms with Crippen molar-refractivity contribution in [2.45, 2.75) is 26.4 Å². The van der Waals surface area contributed by atoms with Gasteiger partial charge in [0.1, 0.15) is 6.10 Å². The first-order chi connectivity index (χ1) is 8.24. The standard InChI is InChI=1S/C15H17NO/c1-3-12-10-16-9-8-14(12)15(17)13-7-5-4-6-11(13)2/h4-10,15,17H,3H2,1-2H3. The van der Waals surface area contributed by atoms with E-state index in [4.69, 9.17) is 0 Å². The second-order valence-corrected chi connectivity index (χ2v) is 4.19. The number of aryl methyl sites for hydroxylation is 2. The van der Waals surface area contributed by atoms with Crippen molar-refractivity contribution in [1.29, 1.82) is 0 Å². The SMILES string of the molecule is CCc1cnccc1C(O)c1ccccc1C. The van der Waals surface area contributed by atoms with Gasteiger partial charge >= 0.3 is 0 Å². The molecule has 1 N–H and O–H groups in total. The molecule has 2 nitrogen and oxygen atoms in total. The number of hydrogen-bond donors (Lipinski definition) is 1. The summed E-state index contributed by atoms with van der Waals surface area (Å²) in [5, 5.41) is 10.5. The van der Waals surface area contributed by atoms with Gasteiger partial charge in [-0.3, -0.25) is 4.98 Å². The molecule has 1 aromatic carbocycles. The average molecular weight is 227 g/mol. The number of aromatic nitrogens is 1. The van der Waals surface area contributed by atoms with Gasteiger partial charge in [-0.1, -0.05) is 31.2 Å². The van der Waals surface area contributed by atoms with Crippen LogP contribution in [-0.2, 0) is 6.42 Å². The van der Waals surface area contributed by atoms with E-state index < -0.39 is 6.10 Å². The highest BCUT2D eigenvalue weighted by Crippen LogP contribution is 2.26. The lowest BCUT2D eigenvalue weighted by Gasteiger charge is -2.16. The molecule has 1 heterocycles. The molecule has 0 aliphatic heterocycles. The van der Waals surface area contributed by atoms with Crippen molar-refractivity contribution >= 4 is 0 Å². The van der Waals surface area contributed by atoms with Crippen LogP contribution in [-0.4, -0.2) is 10.1 Å². The van der Waals surface area contributed by atoms with Gasteiger partial charge in [-0.05, 0) is 41.7 Å². The maximum absolute atomic E-state index is 10.5. The Bertz CT molecular complexity index is 508. The summed E-state index contributed by atoms with van der Waals surface area (Å²) in [5.41, 5.74) is 4.13. The summed E-state index contributed by atoms with van der Waals surface area (Å²) in [7, 11) is 0. The van der Waals surface area contributed by atoms with Gasteiger partial charge in [-0.25, -0.2) is 0 Å². The van der Waals surface area contributed by atoms with Crippen LogP contribution in [0.3, 0.4) is 0 Å². The molecule has 0 saturated heterocycles. The Labute approximate surface area is 102 Å². The maximum Gasteiger partial charge on any atom is 0.105 e. The van der Waals surface area contributed by atoms with Gasteiger partial charge in [0.15, 0.2) is 0 Å². The average Bonchev–Trinajstić information content (AvgIpc) is 2.38. The van der Waals surface area contributed by atoms with Gasteiger partial charge < -0.3 is 5.11 Å². The molecule has 17 heavy (non-hydrogen) atoms. The molecular formula is C15H17NO. The molecular weight excluding hydrogens is 210 g/mol. The number of pyridine rings is 1. The van der Waals surface area contributed by atoms with Gasteiger partial charge in [-0.2, -0.15) is 0 Å². The summed E-state index contributed by atoms with van der Waals surface area (Å²) in [6, 6.07) is 9.83. The second-order valence-electron chi connectivity index (χ2n) is 4.19. The lowest BCUT2D eigenvalue weighted by Crippen LogP contribution is -2.05. The van der Waals surface area contributed by atoms with Crippen LogP contribution in [0.2, 0.25) is 0 Å². The Morgan fingerprint density at radius 3 is 2.65 bits per heavy atom. The van der Waals surface area contributed by atoms with E-state index in [1.807, 2.05) is 43.5 Å². The fourth-order valence-corrected chi connectivity index (χ4v) is 2.06. The van der Waals surface area contributed by atoms with Crippen molar-refractivity contribution in [3.63, 3.8) is 0 Å². The Morgan fingerprint density at radius 2 is 1.94 bits per heavy atom. The first kappa shape index (κ1) is 11.8. The molecule has 1 unspecified atom stereocenters. The fraction of sp³-hybridized carbons (Fsp3) is 0.267. The third-order valence-electron chi connectivity index (χ3n) is 3.10. The first-order valence-corrected chi connectivity index (χ1v) is 5.90. The third-order valence-corrected chi connectivity index (χ3v) is 3.10. The minimum atomic E-state index is -0.561. The minimum absolute atomic E-state index is 0.561. The molecule has 0 bridgehead atoms. The molecule has 2 aromatic rings. The molecule has 0 amide bonds. The number of nitrogens with zero attached hydrogens (tertiary/aromatic N) is 1. The number of hydrogen-bond acceptors (Lipinski definition) is 2. The van der Waals surface area contributed by atoms with Crippen molar-refractivity contribution < 1.29 is 5.11 Å². The van der Waals surface area contributed by atoms with E-state index in [9.17, 15) is 5.11 Å². The summed E-state index contributed by atoms with van der Waals surface area (Å²) in [6.07, 6.45) is 3.88. The van der Waals surface area contributed by atoms with Crippen LogP contribution in [0.25, 0.3) is 0 Å². The Balaban J connectivity index is 2.44. The highest BCUT2D eigenvalue weighted by Gasteiger charge is 2.15. The molecule has 0 fully saturated rings. The van der Waals surface area contributed by atoms with E-state index in [-0.39, 0.29) is 0 Å². The predicted octanol–water partition coefficient (Wildman–Crippen LogP) is 3.03. The topological polar surface area (TPSA) is 33.1 Å². The highest BCUT2D eigenvalue weighted by atomic mass is 16.3. The Kier molecular flexibility index (Phi) is 3.55. The van der Waals surface area contributed by atoms with E-state index in [1.54, 1.807) is 6.20 Å². The zero-order valence-corrected chi connectivity index (χ0v) is 10.2. The van der Waals surface area contributed by atoms with Crippen molar-refractivity contribution in [3.8, 4) is 0 Å². The van der Waals surface area contributed by atoms with Crippen molar-refractivity contribution in [1.82, 2.24) is 4.98 Å². The van der Waals surface area contributed by atoms with E-state index in [0.717, 1.165) is 28.7 Å². The van der Waals surface area contributed by atoms with Gasteiger partial charge in [0.05, 0.1) is 0 Å². The third kappa shape index (κ3) is 2.37. The molecule has 0 aliphatic carbocycles. The number of benzene rings is 1. The Hall–Kier alpha value is -1.67. The van der Waals surface area contributed by atoms with E-state index in [1.165, 1.54) is 0 Å². The highest BCUT2D eigenvalue weighted by molar-refractivity contribution is 5.37. The molecule has 0 radical (unpaired) electrons. The molecule has 0 saturated carbocycles. The second kappa shape index (κ2) is 5.11. The smallest absolute Gasteiger partial charge is 0.105 e. The number of aliphatic hydroxyl groups excluding tert-OH is 1.